The summed E-state index contributed by atoms with van der Waals surface area (Å²) in [5.74, 6) is 1.53. The summed E-state index contributed by atoms with van der Waals surface area (Å²) in [5.41, 5.74) is 7.58. The van der Waals surface area contributed by atoms with Crippen LogP contribution in [0.25, 0.3) is 0 Å². The van der Waals surface area contributed by atoms with Gasteiger partial charge in [-0.25, -0.2) is 0 Å². The lowest BCUT2D eigenvalue weighted by atomic mass is 10.2. The molecule has 17 heavy (non-hydrogen) atoms. The van der Waals surface area contributed by atoms with Crippen LogP contribution < -0.4 is 10.5 Å². The second kappa shape index (κ2) is 5.29. The summed E-state index contributed by atoms with van der Waals surface area (Å²) in [7, 11) is 0. The zero-order valence-corrected chi connectivity index (χ0v) is 11.1. The molecule has 0 atom stereocenters. The molecule has 0 aliphatic rings. The average Bonchev–Trinajstić information content (AvgIpc) is 2.33. The standard InChI is InChI=1S/C13H13BrN2O/c1-9-4-11(14)2-3-13(9)17-12-5-10(6-15)7-16-8-12/h2-5,7-8H,6,15H2,1H3. The highest BCUT2D eigenvalue weighted by molar-refractivity contribution is 9.10. The fourth-order valence-electron chi connectivity index (χ4n) is 1.49. The Kier molecular flexibility index (Phi) is 3.76. The van der Waals surface area contributed by atoms with Crippen molar-refractivity contribution in [1.82, 2.24) is 4.98 Å². The first-order valence-corrected chi connectivity index (χ1v) is 6.06. The predicted octanol–water partition coefficient (Wildman–Crippen LogP) is 3.40. The third-order valence-electron chi connectivity index (χ3n) is 2.37. The summed E-state index contributed by atoms with van der Waals surface area (Å²) in [6, 6.07) is 7.78. The maximum atomic E-state index is 5.77. The first-order valence-electron chi connectivity index (χ1n) is 5.27. The molecular weight excluding hydrogens is 280 g/mol. The topological polar surface area (TPSA) is 48.1 Å². The summed E-state index contributed by atoms with van der Waals surface area (Å²) in [6.07, 6.45) is 3.42. The summed E-state index contributed by atoms with van der Waals surface area (Å²) >= 11 is 3.42. The number of nitrogens with two attached hydrogens (primary N) is 1. The lowest BCUT2D eigenvalue weighted by Crippen LogP contribution is -1.97. The molecule has 0 aliphatic carbocycles. The molecule has 2 aromatic rings. The predicted molar refractivity (Wildman–Crippen MR) is 71.1 cm³/mol. The molecular formula is C13H13BrN2O. The van der Waals surface area contributed by atoms with Crippen molar-refractivity contribution >= 4 is 15.9 Å². The molecule has 0 unspecified atom stereocenters. The van der Waals surface area contributed by atoms with Crippen LogP contribution in [0.2, 0.25) is 0 Å². The average molecular weight is 293 g/mol. The summed E-state index contributed by atoms with van der Waals surface area (Å²) in [6.45, 7) is 2.46. The third kappa shape index (κ3) is 3.05. The largest absolute Gasteiger partial charge is 0.455 e. The maximum absolute atomic E-state index is 5.77. The van der Waals surface area contributed by atoms with Crippen LogP contribution in [-0.4, -0.2) is 4.98 Å². The van der Waals surface area contributed by atoms with Gasteiger partial charge in [-0.1, -0.05) is 15.9 Å². The van der Waals surface area contributed by atoms with Gasteiger partial charge in [0.25, 0.3) is 0 Å². The Bertz CT molecular complexity index is 529. The van der Waals surface area contributed by atoms with Crippen LogP contribution in [0.3, 0.4) is 0 Å². The Morgan fingerprint density at radius 3 is 2.82 bits per heavy atom. The highest BCUT2D eigenvalue weighted by Gasteiger charge is 2.03. The number of halogens is 1. The molecule has 2 N–H and O–H groups in total. The minimum Gasteiger partial charge on any atom is -0.455 e. The van der Waals surface area contributed by atoms with Crippen LogP contribution in [0, 0.1) is 6.92 Å². The van der Waals surface area contributed by atoms with Gasteiger partial charge in [-0.15, -0.1) is 0 Å². The molecule has 4 heteroatoms. The second-order valence-electron chi connectivity index (χ2n) is 3.74. The number of ether oxygens (including phenoxy) is 1. The molecule has 0 amide bonds. The summed E-state index contributed by atoms with van der Waals surface area (Å²) in [4.78, 5) is 4.08. The molecule has 2 rings (SSSR count). The zero-order valence-electron chi connectivity index (χ0n) is 9.48. The van der Waals surface area contributed by atoms with Gasteiger partial charge in [-0.3, -0.25) is 4.98 Å². The number of hydrogen-bond acceptors (Lipinski definition) is 3. The monoisotopic (exact) mass is 292 g/mol. The van der Waals surface area contributed by atoms with Crippen LogP contribution in [0.5, 0.6) is 11.5 Å². The van der Waals surface area contributed by atoms with Crippen molar-refractivity contribution in [1.29, 1.82) is 0 Å². The summed E-state index contributed by atoms with van der Waals surface area (Å²) in [5, 5.41) is 0. The molecule has 1 aromatic heterocycles. The Balaban J connectivity index is 2.25. The van der Waals surface area contributed by atoms with Crippen molar-refractivity contribution < 1.29 is 4.74 Å². The van der Waals surface area contributed by atoms with Gasteiger partial charge >= 0.3 is 0 Å². The van der Waals surface area contributed by atoms with E-state index in [0.717, 1.165) is 21.3 Å². The zero-order chi connectivity index (χ0) is 12.3. The Morgan fingerprint density at radius 2 is 2.12 bits per heavy atom. The molecule has 88 valence electrons. The van der Waals surface area contributed by atoms with Crippen LogP contribution >= 0.6 is 15.9 Å². The molecule has 0 bridgehead atoms. The molecule has 0 aliphatic heterocycles. The van der Waals surface area contributed by atoms with Gasteiger partial charge < -0.3 is 10.5 Å². The molecule has 1 aromatic carbocycles. The third-order valence-corrected chi connectivity index (χ3v) is 2.86. The minimum atomic E-state index is 0.462. The van der Waals surface area contributed by atoms with E-state index < -0.39 is 0 Å². The van der Waals surface area contributed by atoms with E-state index in [1.165, 1.54) is 0 Å². The maximum Gasteiger partial charge on any atom is 0.146 e. The van der Waals surface area contributed by atoms with Crippen molar-refractivity contribution in [2.75, 3.05) is 0 Å². The smallest absolute Gasteiger partial charge is 0.146 e. The lowest BCUT2D eigenvalue weighted by molar-refractivity contribution is 0.475. The van der Waals surface area contributed by atoms with E-state index >= 15 is 0 Å². The number of aryl methyl sites for hydroxylation is 1. The van der Waals surface area contributed by atoms with Gasteiger partial charge in [0.2, 0.25) is 0 Å². The molecule has 3 nitrogen and oxygen atoms in total. The number of pyridine rings is 1. The number of aromatic nitrogens is 1. The van der Waals surface area contributed by atoms with Gasteiger partial charge in [0.15, 0.2) is 0 Å². The van der Waals surface area contributed by atoms with Crippen LogP contribution in [0.4, 0.5) is 0 Å². The number of rotatable bonds is 3. The van der Waals surface area contributed by atoms with Crippen LogP contribution in [0.15, 0.2) is 41.1 Å². The van der Waals surface area contributed by atoms with Crippen molar-refractivity contribution in [3.05, 3.63) is 52.3 Å². The molecule has 0 saturated heterocycles. The van der Waals surface area contributed by atoms with Gasteiger partial charge in [0.05, 0.1) is 6.20 Å². The van der Waals surface area contributed by atoms with Crippen molar-refractivity contribution in [3.63, 3.8) is 0 Å². The van der Waals surface area contributed by atoms with Crippen molar-refractivity contribution in [3.8, 4) is 11.5 Å². The lowest BCUT2D eigenvalue weighted by Gasteiger charge is -2.09. The first-order chi connectivity index (χ1) is 8.19. The van der Waals surface area contributed by atoms with Gasteiger partial charge in [-0.2, -0.15) is 0 Å². The Labute approximate surface area is 109 Å². The SMILES string of the molecule is Cc1cc(Br)ccc1Oc1cncc(CN)c1. The number of hydrogen-bond donors (Lipinski definition) is 1. The summed E-state index contributed by atoms with van der Waals surface area (Å²) < 4.78 is 6.81. The van der Waals surface area contributed by atoms with Gasteiger partial charge in [-0.05, 0) is 42.3 Å². The van der Waals surface area contributed by atoms with E-state index in [1.807, 2.05) is 31.2 Å². The van der Waals surface area contributed by atoms with Crippen LogP contribution in [-0.2, 0) is 6.54 Å². The Morgan fingerprint density at radius 1 is 1.29 bits per heavy atom. The molecule has 0 radical (unpaired) electrons. The highest BCUT2D eigenvalue weighted by Crippen LogP contribution is 2.27. The van der Waals surface area contributed by atoms with E-state index in [4.69, 9.17) is 10.5 Å². The van der Waals surface area contributed by atoms with E-state index in [9.17, 15) is 0 Å². The normalized spacial score (nSPS) is 10.3. The quantitative estimate of drug-likeness (QED) is 0.943. The van der Waals surface area contributed by atoms with E-state index in [0.29, 0.717) is 12.3 Å². The van der Waals surface area contributed by atoms with Gasteiger partial charge in [0.1, 0.15) is 11.5 Å². The highest BCUT2D eigenvalue weighted by atomic mass is 79.9. The van der Waals surface area contributed by atoms with Crippen molar-refractivity contribution in [2.45, 2.75) is 13.5 Å². The number of nitrogens with zero attached hydrogens (tertiary/aromatic N) is 1. The Hall–Kier alpha value is -1.39. The van der Waals surface area contributed by atoms with Crippen LogP contribution in [0.1, 0.15) is 11.1 Å². The molecule has 0 fully saturated rings. The number of benzene rings is 1. The van der Waals surface area contributed by atoms with E-state index in [1.54, 1.807) is 12.4 Å². The molecule has 1 heterocycles. The molecule has 0 spiro atoms. The molecule has 0 saturated carbocycles. The fraction of sp³-hybridized carbons (Fsp3) is 0.154. The first kappa shape index (κ1) is 12.1. The van der Waals surface area contributed by atoms with E-state index in [-0.39, 0.29) is 0 Å². The second-order valence-corrected chi connectivity index (χ2v) is 4.66. The van der Waals surface area contributed by atoms with Crippen molar-refractivity contribution in [2.24, 2.45) is 5.73 Å². The van der Waals surface area contributed by atoms with Gasteiger partial charge in [0, 0.05) is 17.2 Å². The fourth-order valence-corrected chi connectivity index (χ4v) is 1.96. The minimum absolute atomic E-state index is 0.462. The van der Waals surface area contributed by atoms with E-state index in [2.05, 4.69) is 20.9 Å².